The van der Waals surface area contributed by atoms with Gasteiger partial charge in [-0.25, -0.2) is 0 Å². The quantitative estimate of drug-likeness (QED) is 0.655. The molecular formula is C10H7OWY-. The zero-order valence-corrected chi connectivity index (χ0v) is 12.7. The van der Waals surface area contributed by atoms with E-state index in [9.17, 15) is 0 Å². The summed E-state index contributed by atoms with van der Waals surface area (Å²) in [6.45, 7) is 0. The van der Waals surface area contributed by atoms with Crippen LogP contribution < -0.4 is 0 Å². The summed E-state index contributed by atoms with van der Waals surface area (Å²) in [6, 6.07) is 13.9. The van der Waals surface area contributed by atoms with Crippen molar-refractivity contribution in [2.24, 2.45) is 0 Å². The summed E-state index contributed by atoms with van der Waals surface area (Å²) in [4.78, 5) is 0. The van der Waals surface area contributed by atoms with Crippen LogP contribution in [0.5, 0.6) is 5.75 Å². The van der Waals surface area contributed by atoms with E-state index < -0.39 is 0 Å². The van der Waals surface area contributed by atoms with Gasteiger partial charge in [0.15, 0.2) is 0 Å². The van der Waals surface area contributed by atoms with Crippen molar-refractivity contribution in [3.05, 3.63) is 42.5 Å². The molecule has 0 saturated carbocycles. The molecule has 0 aliphatic heterocycles. The van der Waals surface area contributed by atoms with E-state index in [-0.39, 0.29) is 53.8 Å². The van der Waals surface area contributed by atoms with Gasteiger partial charge in [-0.2, -0.15) is 24.3 Å². The molecule has 0 unspecified atom stereocenters. The number of benzene rings is 2. The van der Waals surface area contributed by atoms with Crippen LogP contribution in [-0.2, 0) is 53.8 Å². The average Bonchev–Trinajstić information content (AvgIpc) is 2.04. The van der Waals surface area contributed by atoms with Gasteiger partial charge in [-0.1, -0.05) is 0 Å². The van der Waals surface area contributed by atoms with Crippen molar-refractivity contribution in [1.29, 1.82) is 0 Å². The van der Waals surface area contributed by atoms with Crippen molar-refractivity contribution in [1.82, 2.24) is 0 Å². The van der Waals surface area contributed by atoms with Gasteiger partial charge >= 0.3 is 0 Å². The summed E-state index contributed by atoms with van der Waals surface area (Å²) in [6.07, 6.45) is 0. The van der Waals surface area contributed by atoms with Crippen LogP contribution in [0.2, 0.25) is 0 Å². The number of phenolic OH excluding ortho intramolecular Hbond substituents is 1. The van der Waals surface area contributed by atoms with E-state index in [0.29, 0.717) is 5.75 Å². The minimum absolute atomic E-state index is 0. The smallest absolute Gasteiger partial charge is 0.113 e. The third kappa shape index (κ3) is 3.16. The van der Waals surface area contributed by atoms with Crippen LogP contribution in [0.3, 0.4) is 0 Å². The molecule has 0 aromatic heterocycles. The van der Waals surface area contributed by atoms with E-state index in [1.165, 1.54) is 0 Å². The zero-order chi connectivity index (χ0) is 7.68. The Morgan fingerprint density at radius 2 is 1.85 bits per heavy atom. The van der Waals surface area contributed by atoms with Crippen molar-refractivity contribution in [2.45, 2.75) is 0 Å². The van der Waals surface area contributed by atoms with Crippen molar-refractivity contribution in [2.75, 3.05) is 0 Å². The van der Waals surface area contributed by atoms with Crippen molar-refractivity contribution < 1.29 is 58.9 Å². The van der Waals surface area contributed by atoms with E-state index >= 15 is 0 Å². The van der Waals surface area contributed by atoms with Gasteiger partial charge in [0, 0.05) is 53.8 Å². The Balaban J connectivity index is 0.000000720. The van der Waals surface area contributed by atoms with Gasteiger partial charge in [0.25, 0.3) is 0 Å². The molecule has 0 atom stereocenters. The molecule has 0 saturated heterocycles. The summed E-state index contributed by atoms with van der Waals surface area (Å²) < 4.78 is 0. The molecule has 0 aliphatic carbocycles. The van der Waals surface area contributed by atoms with Crippen molar-refractivity contribution in [3.8, 4) is 5.75 Å². The maximum Gasteiger partial charge on any atom is 0.113 e. The van der Waals surface area contributed by atoms with Crippen LogP contribution in [-0.4, -0.2) is 5.11 Å². The molecule has 0 fully saturated rings. The molecule has 2 aromatic rings. The SMILES string of the molecule is Oc1ccc2c[c-]ccc2c1.[W].[Y]. The normalized spacial score (nSPS) is 8.62. The van der Waals surface area contributed by atoms with Crippen molar-refractivity contribution >= 4 is 10.8 Å². The van der Waals surface area contributed by atoms with Crippen LogP contribution >= 0.6 is 0 Å². The van der Waals surface area contributed by atoms with Crippen LogP contribution in [0.25, 0.3) is 10.8 Å². The molecule has 0 spiro atoms. The molecule has 13 heavy (non-hydrogen) atoms. The fraction of sp³-hybridized carbons (Fsp3) is 0. The Hall–Kier alpha value is 0.292. The van der Waals surface area contributed by atoms with Gasteiger partial charge in [0.05, 0.1) is 0 Å². The van der Waals surface area contributed by atoms with Crippen LogP contribution in [0.1, 0.15) is 0 Å². The molecule has 1 nitrogen and oxygen atoms in total. The molecule has 1 radical (unpaired) electrons. The Morgan fingerprint density at radius 1 is 1.08 bits per heavy atom. The molecule has 1 N–H and O–H groups in total. The average molecular weight is 416 g/mol. The molecule has 0 heterocycles. The van der Waals surface area contributed by atoms with E-state index in [1.807, 2.05) is 24.3 Å². The molecular weight excluding hydrogens is 409 g/mol. The standard InChI is InChI=1S/C10H7O.W.Y/c11-10-6-5-8-3-1-2-4-9(8)7-10;;/h2-7,11H;;/q-1;;. The summed E-state index contributed by atoms with van der Waals surface area (Å²) >= 11 is 0. The van der Waals surface area contributed by atoms with E-state index in [1.54, 1.807) is 12.1 Å². The third-order valence-corrected chi connectivity index (χ3v) is 1.67. The first-order valence-corrected chi connectivity index (χ1v) is 3.45. The predicted molar refractivity (Wildman–Crippen MR) is 44.4 cm³/mol. The third-order valence-electron chi connectivity index (χ3n) is 1.67. The number of rotatable bonds is 0. The van der Waals surface area contributed by atoms with Crippen LogP contribution in [0.4, 0.5) is 0 Å². The summed E-state index contributed by atoms with van der Waals surface area (Å²) in [5.41, 5.74) is 0. The molecule has 0 bridgehead atoms. The Labute approximate surface area is 117 Å². The van der Waals surface area contributed by atoms with Gasteiger partial charge in [-0.15, -0.1) is 16.8 Å². The first-order valence-electron chi connectivity index (χ1n) is 3.45. The van der Waals surface area contributed by atoms with Gasteiger partial charge in [0.1, 0.15) is 5.75 Å². The predicted octanol–water partition coefficient (Wildman–Crippen LogP) is 2.34. The van der Waals surface area contributed by atoms with Gasteiger partial charge in [-0.05, 0) is 12.1 Å². The van der Waals surface area contributed by atoms with E-state index in [4.69, 9.17) is 5.11 Å². The number of fused-ring (bicyclic) bond motifs is 1. The number of hydrogen-bond donors (Lipinski definition) is 1. The second-order valence-corrected chi connectivity index (χ2v) is 2.46. The summed E-state index contributed by atoms with van der Waals surface area (Å²) in [7, 11) is 0. The summed E-state index contributed by atoms with van der Waals surface area (Å²) in [5.74, 6) is 0.309. The van der Waals surface area contributed by atoms with Crippen LogP contribution in [0.15, 0.2) is 36.4 Å². The molecule has 63 valence electrons. The fourth-order valence-corrected chi connectivity index (χ4v) is 1.11. The first kappa shape index (κ1) is 13.3. The Morgan fingerprint density at radius 3 is 2.62 bits per heavy atom. The van der Waals surface area contributed by atoms with Gasteiger partial charge in [0.2, 0.25) is 0 Å². The van der Waals surface area contributed by atoms with Crippen molar-refractivity contribution in [3.63, 3.8) is 0 Å². The van der Waals surface area contributed by atoms with Crippen LogP contribution in [0, 0.1) is 6.07 Å². The Bertz CT molecular complexity index is 389. The second kappa shape index (κ2) is 5.91. The van der Waals surface area contributed by atoms with Gasteiger partial charge in [-0.3, -0.25) is 0 Å². The van der Waals surface area contributed by atoms with E-state index in [2.05, 4.69) is 6.07 Å². The minimum atomic E-state index is 0. The molecule has 0 amide bonds. The molecule has 2 aromatic carbocycles. The van der Waals surface area contributed by atoms with Gasteiger partial charge < -0.3 is 5.11 Å². The largest absolute Gasteiger partial charge is 0.508 e. The molecule has 2 rings (SSSR count). The zero-order valence-electron chi connectivity index (χ0n) is 6.90. The first-order chi connectivity index (χ1) is 5.36. The molecule has 3 heteroatoms. The summed E-state index contributed by atoms with van der Waals surface area (Å²) in [5, 5.41) is 11.3. The number of aromatic hydroxyl groups is 1. The minimum Gasteiger partial charge on any atom is -0.508 e. The maximum atomic E-state index is 9.12. The topological polar surface area (TPSA) is 20.2 Å². The number of hydrogen-bond acceptors (Lipinski definition) is 1. The maximum absolute atomic E-state index is 9.12. The fourth-order valence-electron chi connectivity index (χ4n) is 1.11. The Kier molecular flexibility index (Phi) is 6.04. The number of phenols is 1. The molecule has 0 aliphatic rings. The monoisotopic (exact) mass is 416 g/mol. The van der Waals surface area contributed by atoms with E-state index in [0.717, 1.165) is 10.8 Å². The second-order valence-electron chi connectivity index (χ2n) is 2.46.